The van der Waals surface area contributed by atoms with Gasteiger partial charge in [-0.1, -0.05) is 55.7 Å². The molecule has 156 valence electrons. The van der Waals surface area contributed by atoms with Crippen LogP contribution in [0.25, 0.3) is 11.4 Å². The first-order valence-electron chi connectivity index (χ1n) is 10.3. The van der Waals surface area contributed by atoms with E-state index in [1.165, 1.54) is 12.7 Å². The molecule has 1 N–H and O–H groups in total. The fourth-order valence-electron chi connectivity index (χ4n) is 3.27. The number of unbranched alkanes of at least 4 members (excludes halogenated alkanes) is 3. The molecule has 2 aromatic heterocycles. The lowest BCUT2D eigenvalue weighted by Crippen LogP contribution is -2.06. The van der Waals surface area contributed by atoms with Crippen molar-refractivity contribution in [1.82, 2.24) is 15.2 Å². The molecule has 0 amide bonds. The van der Waals surface area contributed by atoms with Crippen LogP contribution in [0.1, 0.15) is 60.0 Å². The van der Waals surface area contributed by atoms with Crippen LogP contribution in [0.4, 0.5) is 0 Å². The predicted molar refractivity (Wildman–Crippen MR) is 115 cm³/mol. The largest absolute Gasteiger partial charge is 0.464 e. The number of carbonyl (C=O) groups excluding carboxylic acids is 1. The number of rotatable bonds is 10. The molecule has 3 rings (SSSR count). The maximum Gasteiger partial charge on any atom is 0.356 e. The number of carbonyl (C=O) groups is 1. The lowest BCUT2D eigenvalue weighted by atomic mass is 10.0. The number of aryl methyl sites for hydroxylation is 1. The molecular formula is C24H27N3O3. The molecule has 0 aliphatic rings. The van der Waals surface area contributed by atoms with Crippen LogP contribution in [0.15, 0.2) is 60.7 Å². The standard InChI is InChI=1S/C24H27N3O3/c1-30-24(29)22-14-9-13-19(25-22)20-16-17-21(27-26-20)23(28)15-8-3-2-5-10-18-11-6-4-7-12-18/h4,6-7,9,11-14,16-17,23,28H,2-3,5,8,10,15H2,1H3. The Balaban J connectivity index is 1.44. The summed E-state index contributed by atoms with van der Waals surface area (Å²) >= 11 is 0. The molecule has 0 saturated carbocycles. The SMILES string of the molecule is COC(=O)c1cccc(-c2ccc(C(O)CCCCCCc3ccccc3)nn2)n1. The van der Waals surface area contributed by atoms with Gasteiger partial charge in [0.2, 0.25) is 0 Å². The van der Waals surface area contributed by atoms with Crippen molar-refractivity contribution in [2.24, 2.45) is 0 Å². The highest BCUT2D eigenvalue weighted by Crippen LogP contribution is 2.20. The summed E-state index contributed by atoms with van der Waals surface area (Å²) in [4.78, 5) is 15.9. The third-order valence-corrected chi connectivity index (χ3v) is 4.97. The van der Waals surface area contributed by atoms with Gasteiger partial charge in [-0.15, -0.1) is 5.10 Å². The van der Waals surface area contributed by atoms with Gasteiger partial charge in [-0.05, 0) is 49.1 Å². The van der Waals surface area contributed by atoms with Gasteiger partial charge in [-0.3, -0.25) is 0 Å². The fourth-order valence-corrected chi connectivity index (χ4v) is 3.27. The maximum atomic E-state index is 11.6. The van der Waals surface area contributed by atoms with Crippen molar-refractivity contribution in [1.29, 1.82) is 0 Å². The molecule has 0 spiro atoms. The molecule has 0 fully saturated rings. The smallest absolute Gasteiger partial charge is 0.356 e. The van der Waals surface area contributed by atoms with E-state index < -0.39 is 12.1 Å². The molecule has 0 aliphatic carbocycles. The van der Waals surface area contributed by atoms with E-state index in [-0.39, 0.29) is 5.69 Å². The van der Waals surface area contributed by atoms with E-state index in [4.69, 9.17) is 4.74 Å². The number of aliphatic hydroxyl groups excluding tert-OH is 1. The fraction of sp³-hybridized carbons (Fsp3) is 0.333. The molecule has 6 heteroatoms. The van der Waals surface area contributed by atoms with E-state index >= 15 is 0 Å². The van der Waals surface area contributed by atoms with E-state index in [0.717, 1.165) is 32.1 Å². The number of hydrogen-bond donors (Lipinski definition) is 1. The minimum Gasteiger partial charge on any atom is -0.464 e. The summed E-state index contributed by atoms with van der Waals surface area (Å²) in [7, 11) is 1.32. The van der Waals surface area contributed by atoms with Gasteiger partial charge in [0.05, 0.1) is 24.6 Å². The van der Waals surface area contributed by atoms with Gasteiger partial charge in [0.15, 0.2) is 0 Å². The first-order valence-corrected chi connectivity index (χ1v) is 10.3. The highest BCUT2D eigenvalue weighted by molar-refractivity contribution is 5.87. The van der Waals surface area contributed by atoms with Gasteiger partial charge in [0.25, 0.3) is 0 Å². The van der Waals surface area contributed by atoms with E-state index in [1.54, 1.807) is 30.3 Å². The molecule has 0 radical (unpaired) electrons. The summed E-state index contributed by atoms with van der Waals surface area (Å²) in [6.45, 7) is 0. The van der Waals surface area contributed by atoms with Gasteiger partial charge >= 0.3 is 5.97 Å². The van der Waals surface area contributed by atoms with Crippen molar-refractivity contribution >= 4 is 5.97 Å². The van der Waals surface area contributed by atoms with Crippen LogP contribution < -0.4 is 0 Å². The molecule has 1 aromatic carbocycles. The Morgan fingerprint density at radius 3 is 2.43 bits per heavy atom. The number of hydrogen-bond acceptors (Lipinski definition) is 6. The topological polar surface area (TPSA) is 85.2 Å². The predicted octanol–water partition coefficient (Wildman–Crippen LogP) is 4.55. The lowest BCUT2D eigenvalue weighted by molar-refractivity contribution is 0.0594. The second-order valence-electron chi connectivity index (χ2n) is 7.20. The van der Waals surface area contributed by atoms with Gasteiger partial charge in [-0.2, -0.15) is 5.10 Å². The Morgan fingerprint density at radius 2 is 1.70 bits per heavy atom. The van der Waals surface area contributed by atoms with Crippen LogP contribution >= 0.6 is 0 Å². The van der Waals surface area contributed by atoms with Crippen LogP contribution in [0.2, 0.25) is 0 Å². The third kappa shape index (κ3) is 6.19. The van der Waals surface area contributed by atoms with E-state index in [9.17, 15) is 9.90 Å². The van der Waals surface area contributed by atoms with Crippen LogP contribution in [0.3, 0.4) is 0 Å². The van der Waals surface area contributed by atoms with Crippen LogP contribution in [0, 0.1) is 0 Å². The van der Waals surface area contributed by atoms with Gasteiger partial charge in [0, 0.05) is 0 Å². The quantitative estimate of drug-likeness (QED) is 0.393. The van der Waals surface area contributed by atoms with Crippen molar-refractivity contribution in [3.8, 4) is 11.4 Å². The Bertz CT molecular complexity index is 930. The molecule has 3 aromatic rings. The summed E-state index contributed by atoms with van der Waals surface area (Å²) in [6, 6.07) is 19.1. The molecule has 30 heavy (non-hydrogen) atoms. The van der Waals surface area contributed by atoms with Gasteiger partial charge in [-0.25, -0.2) is 9.78 Å². The van der Waals surface area contributed by atoms with Crippen molar-refractivity contribution in [2.45, 2.75) is 44.6 Å². The summed E-state index contributed by atoms with van der Waals surface area (Å²) in [5, 5.41) is 18.7. The summed E-state index contributed by atoms with van der Waals surface area (Å²) in [6.07, 6.45) is 5.47. The molecular weight excluding hydrogens is 378 g/mol. The van der Waals surface area contributed by atoms with Crippen LogP contribution in [0.5, 0.6) is 0 Å². The normalized spacial score (nSPS) is 11.8. The van der Waals surface area contributed by atoms with Gasteiger partial charge < -0.3 is 9.84 Å². The second kappa shape index (κ2) is 11.2. The number of methoxy groups -OCH3 is 1. The Labute approximate surface area is 177 Å². The lowest BCUT2D eigenvalue weighted by Gasteiger charge is -2.10. The zero-order valence-corrected chi connectivity index (χ0v) is 17.2. The van der Waals surface area contributed by atoms with E-state index in [2.05, 4.69) is 39.4 Å². The molecule has 0 saturated heterocycles. The van der Waals surface area contributed by atoms with Crippen molar-refractivity contribution in [3.63, 3.8) is 0 Å². The first kappa shape index (κ1) is 21.6. The number of ether oxygens (including phenoxy) is 1. The zero-order chi connectivity index (χ0) is 21.2. The minimum atomic E-state index is -0.630. The first-order chi connectivity index (χ1) is 14.7. The summed E-state index contributed by atoms with van der Waals surface area (Å²) in [5.41, 5.74) is 3.21. The van der Waals surface area contributed by atoms with Crippen molar-refractivity contribution in [2.75, 3.05) is 7.11 Å². The van der Waals surface area contributed by atoms with Crippen molar-refractivity contribution < 1.29 is 14.6 Å². The Kier molecular flexibility index (Phi) is 8.03. The van der Waals surface area contributed by atoms with Crippen LogP contribution in [-0.4, -0.2) is 33.4 Å². The van der Waals surface area contributed by atoms with E-state index in [1.807, 2.05) is 6.07 Å². The average Bonchev–Trinajstić information content (AvgIpc) is 2.81. The third-order valence-electron chi connectivity index (χ3n) is 4.97. The molecule has 0 aliphatic heterocycles. The summed E-state index contributed by atoms with van der Waals surface area (Å²) < 4.78 is 4.69. The van der Waals surface area contributed by atoms with Crippen molar-refractivity contribution in [3.05, 3.63) is 77.6 Å². The molecule has 1 atom stereocenters. The zero-order valence-electron chi connectivity index (χ0n) is 17.2. The summed E-state index contributed by atoms with van der Waals surface area (Å²) in [5.74, 6) is -0.499. The van der Waals surface area contributed by atoms with E-state index in [0.29, 0.717) is 23.5 Å². The monoisotopic (exact) mass is 405 g/mol. The number of aromatic nitrogens is 3. The minimum absolute atomic E-state index is 0.216. The maximum absolute atomic E-state index is 11.6. The number of pyridine rings is 1. The highest BCUT2D eigenvalue weighted by Gasteiger charge is 2.12. The number of nitrogens with zero attached hydrogens (tertiary/aromatic N) is 3. The number of aliphatic hydroxyl groups is 1. The van der Waals surface area contributed by atoms with Crippen LogP contribution in [-0.2, 0) is 11.2 Å². The Hall–Kier alpha value is -3.12. The molecule has 0 bridgehead atoms. The number of benzene rings is 1. The molecule has 2 heterocycles. The average molecular weight is 405 g/mol. The number of esters is 1. The highest BCUT2D eigenvalue weighted by atomic mass is 16.5. The van der Waals surface area contributed by atoms with Gasteiger partial charge in [0.1, 0.15) is 11.4 Å². The molecule has 6 nitrogen and oxygen atoms in total. The Morgan fingerprint density at radius 1 is 0.900 bits per heavy atom. The molecule has 1 unspecified atom stereocenters. The second-order valence-corrected chi connectivity index (χ2v) is 7.20.